The Bertz CT molecular complexity index is 626. The fraction of sp³-hybridized carbons (Fsp3) is 0.400. The van der Waals surface area contributed by atoms with Crippen LogP contribution in [0.4, 0.5) is 0 Å². The zero-order chi connectivity index (χ0) is 14.7. The Labute approximate surface area is 119 Å². The lowest BCUT2D eigenvalue weighted by atomic mass is 10.0. The molecule has 0 aliphatic rings. The number of aryl methyl sites for hydroxylation is 3. The van der Waals surface area contributed by atoms with E-state index in [1.54, 1.807) is 0 Å². The van der Waals surface area contributed by atoms with Crippen LogP contribution in [0.3, 0.4) is 0 Å². The largest absolute Gasteiger partial charge is 0.494 e. The number of nitrogens with two attached hydrogens (primary N) is 1. The molecular formula is C15H20N4O. The molecule has 2 N–H and O–H groups in total. The van der Waals surface area contributed by atoms with E-state index in [9.17, 15) is 0 Å². The van der Waals surface area contributed by atoms with Gasteiger partial charge in [-0.2, -0.15) is 0 Å². The van der Waals surface area contributed by atoms with Crippen molar-refractivity contribution in [2.45, 2.75) is 34.2 Å². The van der Waals surface area contributed by atoms with E-state index in [4.69, 9.17) is 10.5 Å². The second-order valence-electron chi connectivity index (χ2n) is 4.69. The van der Waals surface area contributed by atoms with Gasteiger partial charge in [-0.3, -0.25) is 0 Å². The summed E-state index contributed by atoms with van der Waals surface area (Å²) in [6, 6.07) is 4.07. The molecule has 20 heavy (non-hydrogen) atoms. The van der Waals surface area contributed by atoms with Crippen LogP contribution in [0.15, 0.2) is 12.1 Å². The zero-order valence-electron chi connectivity index (χ0n) is 12.4. The van der Waals surface area contributed by atoms with E-state index in [0.717, 1.165) is 22.4 Å². The molecule has 0 amide bonds. The number of benzene rings is 1. The zero-order valence-corrected chi connectivity index (χ0v) is 12.4. The fourth-order valence-electron chi connectivity index (χ4n) is 2.09. The molecule has 0 unspecified atom stereocenters. The molecule has 0 aliphatic carbocycles. The Morgan fingerprint density at radius 3 is 2.45 bits per heavy atom. The van der Waals surface area contributed by atoms with E-state index < -0.39 is 0 Å². The van der Waals surface area contributed by atoms with Crippen molar-refractivity contribution in [3.63, 3.8) is 0 Å². The Morgan fingerprint density at radius 2 is 1.80 bits per heavy atom. The van der Waals surface area contributed by atoms with E-state index in [1.807, 2.05) is 33.8 Å². The van der Waals surface area contributed by atoms with E-state index in [-0.39, 0.29) is 0 Å². The summed E-state index contributed by atoms with van der Waals surface area (Å²) in [5, 5.41) is 0. The van der Waals surface area contributed by atoms with Gasteiger partial charge < -0.3 is 10.5 Å². The van der Waals surface area contributed by atoms with E-state index in [1.165, 1.54) is 0 Å². The van der Waals surface area contributed by atoms with Crippen LogP contribution in [0.25, 0.3) is 11.4 Å². The van der Waals surface area contributed by atoms with Crippen LogP contribution >= 0.6 is 0 Å². The number of aromatic nitrogens is 3. The van der Waals surface area contributed by atoms with Crippen LogP contribution < -0.4 is 10.5 Å². The summed E-state index contributed by atoms with van der Waals surface area (Å²) in [5.41, 5.74) is 8.76. The number of ether oxygens (including phenoxy) is 1. The van der Waals surface area contributed by atoms with Gasteiger partial charge in [-0.1, -0.05) is 0 Å². The fourth-order valence-corrected chi connectivity index (χ4v) is 2.09. The first-order chi connectivity index (χ1) is 9.55. The number of nitrogens with zero attached hydrogens (tertiary/aromatic N) is 3. The van der Waals surface area contributed by atoms with Crippen molar-refractivity contribution in [2.75, 3.05) is 6.61 Å². The van der Waals surface area contributed by atoms with Crippen LogP contribution in [0.2, 0.25) is 0 Å². The molecule has 1 aromatic heterocycles. The van der Waals surface area contributed by atoms with Gasteiger partial charge in [0.05, 0.1) is 13.2 Å². The van der Waals surface area contributed by atoms with Gasteiger partial charge in [-0.15, -0.1) is 0 Å². The smallest absolute Gasteiger partial charge is 0.163 e. The Kier molecular flexibility index (Phi) is 4.29. The molecule has 0 bridgehead atoms. The van der Waals surface area contributed by atoms with Crippen LogP contribution in [0.1, 0.15) is 29.7 Å². The minimum atomic E-state index is 0.311. The molecule has 0 radical (unpaired) electrons. The second kappa shape index (κ2) is 5.96. The minimum absolute atomic E-state index is 0.311. The maximum Gasteiger partial charge on any atom is 0.163 e. The first kappa shape index (κ1) is 14.4. The van der Waals surface area contributed by atoms with E-state index >= 15 is 0 Å². The molecule has 0 fully saturated rings. The predicted octanol–water partition coefficient (Wildman–Crippen LogP) is 2.32. The first-order valence-electron chi connectivity index (χ1n) is 6.71. The standard InChI is InChI=1S/C15H20N4O/c1-5-20-13-7-9(2)12(6-10(13)3)15-18-11(4)17-14(8-16)19-15/h6-7H,5,8,16H2,1-4H3. The maximum atomic E-state index is 5.62. The van der Waals surface area contributed by atoms with Gasteiger partial charge in [0, 0.05) is 5.56 Å². The average molecular weight is 272 g/mol. The van der Waals surface area contributed by atoms with Crippen LogP contribution in [0, 0.1) is 20.8 Å². The Morgan fingerprint density at radius 1 is 1.05 bits per heavy atom. The maximum absolute atomic E-state index is 5.62. The molecule has 0 saturated heterocycles. The summed E-state index contributed by atoms with van der Waals surface area (Å²) in [6.07, 6.45) is 0. The lowest BCUT2D eigenvalue weighted by molar-refractivity contribution is 0.337. The monoisotopic (exact) mass is 272 g/mol. The third-order valence-electron chi connectivity index (χ3n) is 3.04. The van der Waals surface area contributed by atoms with Crippen LogP contribution in [0.5, 0.6) is 5.75 Å². The van der Waals surface area contributed by atoms with Crippen molar-refractivity contribution in [2.24, 2.45) is 5.73 Å². The summed E-state index contributed by atoms with van der Waals surface area (Å²) in [7, 11) is 0. The molecular weight excluding hydrogens is 252 g/mol. The molecule has 5 nitrogen and oxygen atoms in total. The van der Waals surface area contributed by atoms with Crippen LogP contribution in [-0.4, -0.2) is 21.6 Å². The molecule has 2 aromatic rings. The summed E-state index contributed by atoms with van der Waals surface area (Å²) in [6.45, 7) is 8.84. The van der Waals surface area contributed by atoms with Gasteiger partial charge >= 0.3 is 0 Å². The number of hydrogen-bond acceptors (Lipinski definition) is 5. The van der Waals surface area contributed by atoms with Gasteiger partial charge in [0.25, 0.3) is 0 Å². The Hall–Kier alpha value is -2.01. The lowest BCUT2D eigenvalue weighted by Gasteiger charge is -2.12. The molecule has 1 aromatic carbocycles. The van der Waals surface area contributed by atoms with Gasteiger partial charge in [-0.05, 0) is 51.0 Å². The first-order valence-corrected chi connectivity index (χ1v) is 6.71. The summed E-state index contributed by atoms with van der Waals surface area (Å²) < 4.78 is 5.60. The van der Waals surface area contributed by atoms with E-state index in [2.05, 4.69) is 21.0 Å². The highest BCUT2D eigenvalue weighted by Crippen LogP contribution is 2.28. The van der Waals surface area contributed by atoms with Crippen molar-refractivity contribution in [1.82, 2.24) is 15.0 Å². The van der Waals surface area contributed by atoms with Gasteiger partial charge in [0.1, 0.15) is 17.4 Å². The highest BCUT2D eigenvalue weighted by Gasteiger charge is 2.11. The quantitative estimate of drug-likeness (QED) is 0.924. The predicted molar refractivity (Wildman–Crippen MR) is 78.5 cm³/mol. The topological polar surface area (TPSA) is 73.9 Å². The van der Waals surface area contributed by atoms with Gasteiger partial charge in [0.15, 0.2) is 5.82 Å². The molecule has 0 saturated carbocycles. The molecule has 2 rings (SSSR count). The molecule has 0 aliphatic heterocycles. The van der Waals surface area contributed by atoms with Crippen LogP contribution in [-0.2, 0) is 6.54 Å². The summed E-state index contributed by atoms with van der Waals surface area (Å²) >= 11 is 0. The van der Waals surface area contributed by atoms with Crippen molar-refractivity contribution < 1.29 is 4.74 Å². The van der Waals surface area contributed by atoms with Gasteiger partial charge in [-0.25, -0.2) is 15.0 Å². The second-order valence-corrected chi connectivity index (χ2v) is 4.69. The highest BCUT2D eigenvalue weighted by molar-refractivity contribution is 5.63. The highest BCUT2D eigenvalue weighted by atomic mass is 16.5. The third kappa shape index (κ3) is 2.93. The average Bonchev–Trinajstić information content (AvgIpc) is 2.42. The molecule has 1 heterocycles. The number of rotatable bonds is 4. The van der Waals surface area contributed by atoms with Crippen molar-refractivity contribution in [3.8, 4) is 17.1 Å². The molecule has 0 spiro atoms. The Balaban J connectivity index is 2.52. The lowest BCUT2D eigenvalue weighted by Crippen LogP contribution is -2.08. The molecule has 0 atom stereocenters. The molecule has 5 heteroatoms. The van der Waals surface area contributed by atoms with Crippen molar-refractivity contribution >= 4 is 0 Å². The summed E-state index contributed by atoms with van der Waals surface area (Å²) in [4.78, 5) is 13.0. The van der Waals surface area contributed by atoms with E-state index in [0.29, 0.717) is 30.6 Å². The number of hydrogen-bond donors (Lipinski definition) is 1. The third-order valence-corrected chi connectivity index (χ3v) is 3.04. The van der Waals surface area contributed by atoms with Gasteiger partial charge in [0.2, 0.25) is 0 Å². The summed E-state index contributed by atoms with van der Waals surface area (Å²) in [5.74, 6) is 2.86. The van der Waals surface area contributed by atoms with Crippen molar-refractivity contribution in [3.05, 3.63) is 34.9 Å². The SMILES string of the molecule is CCOc1cc(C)c(-c2nc(C)nc(CN)n2)cc1C. The molecule has 106 valence electrons. The normalized spacial score (nSPS) is 10.7. The van der Waals surface area contributed by atoms with Crippen molar-refractivity contribution in [1.29, 1.82) is 0 Å². The minimum Gasteiger partial charge on any atom is -0.494 e.